The molecule has 6 heteroatoms. The Morgan fingerprint density at radius 2 is 0.870 bits per heavy atom. The number of aliphatic hydroxyl groups is 1. The number of carbonyl (C=O) groups excluding carboxylic acids is 3. The van der Waals surface area contributed by atoms with E-state index >= 15 is 0 Å². The van der Waals surface area contributed by atoms with E-state index in [4.69, 9.17) is 9.47 Å². The number of unbranched alkanes of at least 4 members (excludes halogenated alkanes) is 22. The molecule has 0 bridgehead atoms. The van der Waals surface area contributed by atoms with E-state index in [1.807, 2.05) is 0 Å². The largest absolute Gasteiger partial charge is 0.463 e. The zero-order chi connectivity index (χ0) is 33.8. The van der Waals surface area contributed by atoms with Gasteiger partial charge in [0.15, 0.2) is 12.4 Å². The normalized spacial score (nSPS) is 12.9. The summed E-state index contributed by atoms with van der Waals surface area (Å²) in [5.41, 5.74) is 0. The van der Waals surface area contributed by atoms with Crippen LogP contribution in [-0.2, 0) is 23.9 Å². The molecule has 1 N–H and O–H groups in total. The van der Waals surface area contributed by atoms with Crippen molar-refractivity contribution in [3.05, 3.63) is 24.3 Å². The molecule has 0 rings (SSSR count). The van der Waals surface area contributed by atoms with Gasteiger partial charge in [0, 0.05) is 12.8 Å². The van der Waals surface area contributed by atoms with Crippen molar-refractivity contribution in [1.82, 2.24) is 0 Å². The van der Waals surface area contributed by atoms with Gasteiger partial charge in [0.05, 0.1) is 0 Å². The van der Waals surface area contributed by atoms with Crippen LogP contribution >= 0.6 is 0 Å². The van der Waals surface area contributed by atoms with Crippen molar-refractivity contribution < 1.29 is 29.0 Å². The SMILES string of the molecule is CCCCCCCC/C=C\CCCCCCCC(=O)OCC(O)C(C=O)OC(=O)CCCCCCC/C=C\CCCCCCCC. The molecule has 2 unspecified atom stereocenters. The average Bonchev–Trinajstić information content (AvgIpc) is 3.06. The van der Waals surface area contributed by atoms with Crippen LogP contribution in [0.2, 0.25) is 0 Å². The van der Waals surface area contributed by atoms with Crippen molar-refractivity contribution in [3.8, 4) is 0 Å². The van der Waals surface area contributed by atoms with E-state index in [9.17, 15) is 19.5 Å². The summed E-state index contributed by atoms with van der Waals surface area (Å²) in [6.07, 6.45) is 38.2. The molecule has 0 aromatic rings. The van der Waals surface area contributed by atoms with Crippen LogP contribution < -0.4 is 0 Å². The number of hydrogen-bond donors (Lipinski definition) is 1. The molecule has 0 aromatic heterocycles. The number of aldehydes is 1. The first-order valence-electron chi connectivity index (χ1n) is 19.3. The first-order chi connectivity index (χ1) is 22.5. The Morgan fingerprint density at radius 3 is 1.26 bits per heavy atom. The van der Waals surface area contributed by atoms with Crippen molar-refractivity contribution in [2.75, 3.05) is 6.61 Å². The first-order valence-corrected chi connectivity index (χ1v) is 19.3. The number of aliphatic hydroxyl groups excluding tert-OH is 1. The number of rotatable bonds is 35. The Morgan fingerprint density at radius 1 is 0.522 bits per heavy atom. The minimum atomic E-state index is -1.35. The Balaban J connectivity index is 3.69. The summed E-state index contributed by atoms with van der Waals surface area (Å²) >= 11 is 0. The van der Waals surface area contributed by atoms with E-state index in [1.54, 1.807) is 0 Å². The highest BCUT2D eigenvalue weighted by atomic mass is 16.6. The minimum absolute atomic E-state index is 0.213. The van der Waals surface area contributed by atoms with Crippen LogP contribution in [0, 0.1) is 0 Å². The van der Waals surface area contributed by atoms with E-state index in [0.29, 0.717) is 12.7 Å². The molecule has 0 aliphatic rings. The van der Waals surface area contributed by atoms with Gasteiger partial charge in [0.2, 0.25) is 0 Å². The van der Waals surface area contributed by atoms with Gasteiger partial charge in [-0.05, 0) is 64.2 Å². The lowest BCUT2D eigenvalue weighted by molar-refractivity contribution is -0.163. The number of esters is 2. The van der Waals surface area contributed by atoms with E-state index < -0.39 is 24.1 Å². The Bertz CT molecular complexity index is 746. The molecule has 0 aromatic carbocycles. The van der Waals surface area contributed by atoms with Crippen molar-refractivity contribution in [3.63, 3.8) is 0 Å². The van der Waals surface area contributed by atoms with Gasteiger partial charge in [-0.3, -0.25) is 14.4 Å². The van der Waals surface area contributed by atoms with Crippen LogP contribution in [0.3, 0.4) is 0 Å². The van der Waals surface area contributed by atoms with Crippen LogP contribution in [0.1, 0.15) is 194 Å². The summed E-state index contributed by atoms with van der Waals surface area (Å²) in [6, 6.07) is 0. The molecule has 0 radical (unpaired) electrons. The maximum atomic E-state index is 12.1. The summed E-state index contributed by atoms with van der Waals surface area (Å²) in [4.78, 5) is 35.6. The fourth-order valence-corrected chi connectivity index (χ4v) is 5.43. The molecule has 268 valence electrons. The predicted molar refractivity (Wildman–Crippen MR) is 192 cm³/mol. The smallest absolute Gasteiger partial charge is 0.306 e. The van der Waals surface area contributed by atoms with Crippen LogP contribution in [0.4, 0.5) is 0 Å². The highest BCUT2D eigenvalue weighted by molar-refractivity contribution is 5.73. The molecule has 0 amide bonds. The summed E-state index contributed by atoms with van der Waals surface area (Å²) < 4.78 is 10.3. The summed E-state index contributed by atoms with van der Waals surface area (Å²) in [5, 5.41) is 10.2. The predicted octanol–water partition coefficient (Wildman–Crippen LogP) is 11.1. The standard InChI is InChI=1S/C40H72O6/c1-3-5-7-9-11-13-15-17-19-21-23-25-27-29-31-33-39(43)45-36-37(42)38(35-41)46-40(44)34-32-30-28-26-24-22-20-18-16-14-12-10-8-6-4-2/h17-20,35,37-38,42H,3-16,21-34,36H2,1-2H3/b19-17-,20-18-. The molecular formula is C40H72O6. The fourth-order valence-electron chi connectivity index (χ4n) is 5.43. The van der Waals surface area contributed by atoms with Gasteiger partial charge in [0.1, 0.15) is 12.7 Å². The van der Waals surface area contributed by atoms with Crippen molar-refractivity contribution in [1.29, 1.82) is 0 Å². The van der Waals surface area contributed by atoms with Gasteiger partial charge in [0.25, 0.3) is 0 Å². The van der Waals surface area contributed by atoms with Crippen molar-refractivity contribution in [2.24, 2.45) is 0 Å². The highest BCUT2D eigenvalue weighted by Crippen LogP contribution is 2.13. The lowest BCUT2D eigenvalue weighted by atomic mass is 10.1. The van der Waals surface area contributed by atoms with Gasteiger partial charge in [-0.25, -0.2) is 0 Å². The van der Waals surface area contributed by atoms with Crippen LogP contribution in [0.15, 0.2) is 24.3 Å². The molecule has 6 nitrogen and oxygen atoms in total. The van der Waals surface area contributed by atoms with E-state index in [0.717, 1.165) is 64.2 Å². The summed E-state index contributed by atoms with van der Waals surface area (Å²) in [7, 11) is 0. The highest BCUT2D eigenvalue weighted by Gasteiger charge is 2.24. The molecular weight excluding hydrogens is 576 g/mol. The molecule has 2 atom stereocenters. The summed E-state index contributed by atoms with van der Waals surface area (Å²) in [5.74, 6) is -0.908. The Kier molecular flexibility index (Phi) is 34.4. The maximum Gasteiger partial charge on any atom is 0.306 e. The average molecular weight is 649 g/mol. The van der Waals surface area contributed by atoms with Crippen LogP contribution in [0.25, 0.3) is 0 Å². The lowest BCUT2D eigenvalue weighted by Crippen LogP contribution is -2.36. The number of ether oxygens (including phenoxy) is 2. The first kappa shape index (κ1) is 44.0. The van der Waals surface area contributed by atoms with Gasteiger partial charge in [-0.15, -0.1) is 0 Å². The third-order valence-corrected chi connectivity index (χ3v) is 8.48. The third-order valence-electron chi connectivity index (χ3n) is 8.48. The number of allylic oxidation sites excluding steroid dienone is 4. The Labute approximate surface area is 283 Å². The quantitative estimate of drug-likeness (QED) is 0.0318. The van der Waals surface area contributed by atoms with Gasteiger partial charge in [-0.2, -0.15) is 0 Å². The number of hydrogen-bond acceptors (Lipinski definition) is 6. The molecule has 46 heavy (non-hydrogen) atoms. The second-order valence-corrected chi connectivity index (χ2v) is 13.0. The second-order valence-electron chi connectivity index (χ2n) is 13.0. The van der Waals surface area contributed by atoms with Gasteiger partial charge < -0.3 is 14.6 Å². The van der Waals surface area contributed by atoms with Crippen molar-refractivity contribution >= 4 is 18.2 Å². The number of carbonyl (C=O) groups is 3. The zero-order valence-corrected chi connectivity index (χ0v) is 30.0. The molecule has 0 spiro atoms. The van der Waals surface area contributed by atoms with Gasteiger partial charge in [-0.1, -0.05) is 141 Å². The molecule has 0 aliphatic heterocycles. The lowest BCUT2D eigenvalue weighted by Gasteiger charge is -2.18. The van der Waals surface area contributed by atoms with Crippen LogP contribution in [-0.4, -0.2) is 42.1 Å². The molecule has 0 heterocycles. The monoisotopic (exact) mass is 649 g/mol. The van der Waals surface area contributed by atoms with E-state index in [1.165, 1.54) is 96.3 Å². The molecule has 0 aliphatic carbocycles. The van der Waals surface area contributed by atoms with Crippen LogP contribution in [0.5, 0.6) is 0 Å². The van der Waals surface area contributed by atoms with E-state index in [-0.39, 0.29) is 19.4 Å². The fraction of sp³-hybridized carbons (Fsp3) is 0.825. The minimum Gasteiger partial charge on any atom is -0.463 e. The van der Waals surface area contributed by atoms with E-state index in [2.05, 4.69) is 38.2 Å². The van der Waals surface area contributed by atoms with Crippen molar-refractivity contribution in [2.45, 2.75) is 206 Å². The topological polar surface area (TPSA) is 89.9 Å². The zero-order valence-electron chi connectivity index (χ0n) is 30.0. The second kappa shape index (κ2) is 35.9. The Hall–Kier alpha value is -1.95. The summed E-state index contributed by atoms with van der Waals surface area (Å²) in [6.45, 7) is 4.14. The third kappa shape index (κ3) is 32.0. The molecule has 0 saturated carbocycles. The molecule has 0 fully saturated rings. The van der Waals surface area contributed by atoms with Gasteiger partial charge >= 0.3 is 11.9 Å². The maximum absolute atomic E-state index is 12.1. The molecule has 0 saturated heterocycles.